The number of ether oxygens (including phenoxy) is 8. The van der Waals surface area contributed by atoms with E-state index >= 15 is 0 Å². The molecule has 0 fully saturated rings. The van der Waals surface area contributed by atoms with Crippen molar-refractivity contribution < 1.29 is 57.1 Å². The molecule has 3 aromatic heterocycles. The molecule has 0 aliphatic heterocycles. The van der Waals surface area contributed by atoms with Gasteiger partial charge in [-0.2, -0.15) is 0 Å². The van der Waals surface area contributed by atoms with Gasteiger partial charge in [-0.3, -0.25) is 0 Å². The molecule has 0 bridgehead atoms. The van der Waals surface area contributed by atoms with E-state index in [1.165, 1.54) is 106 Å². The Kier molecular flexibility index (Phi) is 29.7. The predicted molar refractivity (Wildman–Crippen MR) is 624 cm³/mol. The van der Waals surface area contributed by atoms with E-state index in [9.17, 15) is 0 Å². The fourth-order valence-corrected chi connectivity index (χ4v) is 18.6. The Morgan fingerprint density at radius 2 is 0.423 bits per heavy atom. The van der Waals surface area contributed by atoms with Crippen LogP contribution in [0.5, 0.6) is 80.5 Å². The maximum atomic E-state index is 8.27. The zero-order chi connectivity index (χ0) is 116. The van der Waals surface area contributed by atoms with E-state index in [0.717, 1.165) is 62.7 Å². The number of nitrogens with zero attached hydrogens (tertiary/aromatic N) is 3. The van der Waals surface area contributed by atoms with Gasteiger partial charge in [-0.25, -0.2) is 0 Å². The minimum Gasteiger partial charge on any atom is -0.496 e. The molecule has 0 aliphatic rings. The number of aromatic nitrogens is 3. The normalized spacial score (nSPS) is 12.3. The molecule has 0 spiro atoms. The highest BCUT2D eigenvalue weighted by molar-refractivity contribution is 6.12. The Hall–Kier alpha value is -17.0. The topological polar surface area (TPSA) is 88.6 Å². The number of benzene rings is 19. The van der Waals surface area contributed by atoms with E-state index in [1.807, 2.05) is 185 Å². The summed E-state index contributed by atoms with van der Waals surface area (Å²) in [6, 6.07) is 124. The summed E-state index contributed by atoms with van der Waals surface area (Å²) in [5.74, 6) is 9.21. The monoisotopic (exact) mass is 1980 g/mol. The van der Waals surface area contributed by atoms with Crippen LogP contribution >= 0.6 is 0 Å². The van der Waals surface area contributed by atoms with Gasteiger partial charge in [-0.15, -0.1) is 0 Å². The first kappa shape index (κ1) is 87.4. The third kappa shape index (κ3) is 25.6. The lowest BCUT2D eigenvalue weighted by Gasteiger charge is -2.22. The van der Waals surface area contributed by atoms with Crippen molar-refractivity contribution in [3.05, 3.63) is 511 Å². The lowest BCUT2D eigenvalue weighted by molar-refractivity contribution is 0.382. The molecule has 11 heteroatoms. The van der Waals surface area contributed by atoms with Crippen LogP contribution in [0, 0.1) is 6.92 Å². The molecule has 0 unspecified atom stereocenters. The molecular weight excluding hydrogens is 1830 g/mol. The van der Waals surface area contributed by atoms with Gasteiger partial charge in [0.25, 0.3) is 0 Å². The zero-order valence-electron chi connectivity index (χ0n) is 102. The Bertz CT molecular complexity index is 8500. The molecule has 0 aliphatic carbocycles. The molecular formula is C138H135N3O8. The molecule has 0 saturated heterocycles. The largest absolute Gasteiger partial charge is 0.496 e. The predicted octanol–water partition coefficient (Wildman–Crippen LogP) is 40.0. The van der Waals surface area contributed by atoms with Gasteiger partial charge in [0.05, 0.1) is 77.9 Å². The summed E-state index contributed by atoms with van der Waals surface area (Å²) in [7, 11) is 3.36. The van der Waals surface area contributed by atoms with E-state index in [1.54, 1.807) is 44.6 Å². The van der Waals surface area contributed by atoms with Crippen molar-refractivity contribution in [2.75, 3.05) is 14.2 Å². The smallest absolute Gasteiger partial charge is 0.134 e. The first-order valence-electron chi connectivity index (χ1n) is 57.7. The minimum absolute atomic E-state index is 0.144. The Morgan fingerprint density at radius 1 is 0.188 bits per heavy atom. The fraction of sp³-hybridized carbons (Fsp3) is 0.174. The Morgan fingerprint density at radius 3 is 0.752 bits per heavy atom. The molecule has 0 N–H and O–H groups in total. The van der Waals surface area contributed by atoms with Crippen LogP contribution in [0.25, 0.3) is 82.5 Å². The van der Waals surface area contributed by atoms with Crippen molar-refractivity contribution in [2.45, 2.75) is 145 Å². The quantitative estimate of drug-likeness (QED) is 0.0591. The van der Waals surface area contributed by atoms with Crippen LogP contribution in [-0.4, -0.2) is 27.9 Å². The summed E-state index contributed by atoms with van der Waals surface area (Å²) in [6.07, 6.45) is 0. The lowest BCUT2D eigenvalue weighted by Crippen LogP contribution is -2.07. The highest BCUT2D eigenvalue weighted by Crippen LogP contribution is 2.46. The van der Waals surface area contributed by atoms with Crippen LogP contribution in [0.15, 0.2) is 467 Å². The molecule has 22 aromatic rings. The number of hydrogen-bond donors (Lipinski definition) is 0. The second-order valence-corrected chi connectivity index (χ2v) is 37.9. The maximum absolute atomic E-state index is 8.27. The van der Waals surface area contributed by atoms with Crippen LogP contribution in [0.1, 0.15) is 202 Å². The summed E-state index contributed by atoms with van der Waals surface area (Å²) in [4.78, 5) is 0. The fourth-order valence-electron chi connectivity index (χ4n) is 18.6. The van der Waals surface area contributed by atoms with Crippen LogP contribution in [0.2, 0.25) is 0 Å². The summed E-state index contributed by atoms with van der Waals surface area (Å²) in [5, 5.41) is 7.80. The molecule has 149 heavy (non-hydrogen) atoms. The summed E-state index contributed by atoms with van der Waals surface area (Å²) < 4.78 is 164. The van der Waals surface area contributed by atoms with E-state index in [4.69, 9.17) is 57.1 Å². The Balaban J connectivity index is 0.000000136. The molecule has 22 rings (SSSR count). The van der Waals surface area contributed by atoms with Crippen LogP contribution in [0.3, 0.4) is 0 Å². The van der Waals surface area contributed by atoms with Crippen LogP contribution < -0.4 is 37.9 Å². The third-order valence-electron chi connectivity index (χ3n) is 25.2. The standard InChI is InChI=1S/C33H26N2.C22H22O2.C21H19N.C21H20O2.2C15H16O.C11H16O2/c1-22(2)33-31(34-27-16-7-3-12-23(27)24-13-4-8-17-28(24)34)20-11-21-32(33)35-29-18-9-5-14-25(29)26-15-6-10-19-30(26)35;1-16(2)22-20(23-18-10-5-4-6-11-18)13-8-14-21(22)24-19-12-7-9-17(3)15-19;1-15(2)16-9-3-6-12-19(16)22-20-13-7-4-10-17(20)18-11-5-8-14-21(18)22;1-16(2)21-19(22-17-10-5-3-6-11-17)14-9-15-20(21)23-18-12-7-4-8-13-18;2*1-12(2)14-10-6-7-11-15(14)16-13-8-4-3-5-9-13;1-8(2)11-9(12-3)6-5-7-10(11)13-4/h3-22H,1-2H3;4-16H,1-3H3;3-15H,1-2H3;3-16H,1-2H3;2*3-12H,1-2H3;5-8H,1-4H3/i;4D,5D,6D,7D,9D,10D,11D,12D,15D;;;3D,4D,5D,8D,9D;;. The summed E-state index contributed by atoms with van der Waals surface area (Å²) in [5.41, 5.74) is 19.1. The second-order valence-electron chi connectivity index (χ2n) is 37.9. The lowest BCUT2D eigenvalue weighted by atomic mass is 9.98. The van der Waals surface area contributed by atoms with Crippen molar-refractivity contribution in [3.63, 3.8) is 0 Å². The van der Waals surface area contributed by atoms with Gasteiger partial charge in [-0.05, 0) is 246 Å². The van der Waals surface area contributed by atoms with E-state index in [-0.39, 0.29) is 88.3 Å². The van der Waals surface area contributed by atoms with Crippen molar-refractivity contribution in [1.82, 2.24) is 13.7 Å². The molecule has 750 valence electrons. The number of hydrogen-bond acceptors (Lipinski definition) is 8. The SMILES string of the molecule is CC(C)c1c(-n2c3ccccc3c3ccccc32)cccc1-n1c2ccccc2c2ccccc21.CC(C)c1c(Oc2ccccc2)cccc1Oc1ccccc1.CC(C)c1ccccc1-n1c2ccccc2c2ccccc21.CC(C)c1ccccc1Oc1ccccc1.COc1cccc(OC)c1C(C)C.[2H]c1c([2H])c([2H])c(Oc2cccc(Oc3c([2H])c([2H])c([2H])c(C)c3[2H])c2C(C)C)c([2H])c1[2H].[2H]c1c([2H])c([2H])c(Oc2ccccc2C(C)C)c([2H])c1[2H]. The van der Waals surface area contributed by atoms with Gasteiger partial charge >= 0.3 is 0 Å². The Labute approximate surface area is 899 Å². The third-order valence-corrected chi connectivity index (χ3v) is 25.2. The van der Waals surface area contributed by atoms with Crippen molar-refractivity contribution in [3.8, 4) is 97.6 Å². The van der Waals surface area contributed by atoms with Gasteiger partial charge in [0, 0.05) is 60.3 Å². The maximum Gasteiger partial charge on any atom is 0.134 e. The van der Waals surface area contributed by atoms with Gasteiger partial charge in [0.2, 0.25) is 0 Å². The van der Waals surface area contributed by atoms with Gasteiger partial charge < -0.3 is 51.6 Å². The van der Waals surface area contributed by atoms with Gasteiger partial charge in [0.15, 0.2) is 0 Å². The number of methoxy groups -OCH3 is 2. The number of para-hydroxylation sites is 14. The summed E-state index contributed by atoms with van der Waals surface area (Å²) in [6.45, 7) is 31.2. The molecule has 3 heterocycles. The van der Waals surface area contributed by atoms with Crippen molar-refractivity contribution in [2.24, 2.45) is 0 Å². The second kappa shape index (κ2) is 50.7. The number of fused-ring (bicyclic) bond motifs is 9. The van der Waals surface area contributed by atoms with Gasteiger partial charge in [-0.1, -0.05) is 388 Å². The highest BCUT2D eigenvalue weighted by Gasteiger charge is 2.25. The molecule has 0 atom stereocenters. The first-order valence-corrected chi connectivity index (χ1v) is 50.7. The average Bonchev–Trinajstić information content (AvgIpc) is 1.57. The zero-order valence-corrected chi connectivity index (χ0v) is 87.5. The minimum atomic E-state index is -0.524. The molecule has 0 saturated carbocycles. The summed E-state index contributed by atoms with van der Waals surface area (Å²) >= 11 is 0. The van der Waals surface area contributed by atoms with E-state index in [0.29, 0.717) is 35.0 Å². The highest BCUT2D eigenvalue weighted by atomic mass is 16.5. The first-order chi connectivity index (χ1) is 78.4. The molecule has 0 radical (unpaired) electrons. The van der Waals surface area contributed by atoms with Crippen molar-refractivity contribution in [1.29, 1.82) is 0 Å². The molecule has 19 aromatic carbocycles. The van der Waals surface area contributed by atoms with Crippen LogP contribution in [-0.2, 0) is 0 Å². The van der Waals surface area contributed by atoms with E-state index < -0.39 is 48.3 Å². The van der Waals surface area contributed by atoms with Crippen molar-refractivity contribution >= 4 is 65.4 Å². The molecule has 0 amide bonds. The van der Waals surface area contributed by atoms with Crippen LogP contribution in [0.4, 0.5) is 0 Å². The molecule has 11 nitrogen and oxygen atoms in total. The average molecular weight is 1980 g/mol. The van der Waals surface area contributed by atoms with Gasteiger partial charge in [0.1, 0.15) is 80.5 Å². The van der Waals surface area contributed by atoms with E-state index in [2.05, 4.69) is 277 Å². The number of rotatable bonds is 24.